The van der Waals surface area contributed by atoms with Gasteiger partial charge in [-0.1, -0.05) is 33.3 Å². The summed E-state index contributed by atoms with van der Waals surface area (Å²) in [6, 6.07) is 8.19. The first-order valence-electron chi connectivity index (χ1n) is 6.33. The lowest BCUT2D eigenvalue weighted by Crippen LogP contribution is -1.93. The van der Waals surface area contributed by atoms with Crippen molar-refractivity contribution in [2.24, 2.45) is 0 Å². The molecule has 1 aromatic heterocycles. The molecule has 2 aromatic rings. The lowest BCUT2D eigenvalue weighted by molar-refractivity contribution is 0.141. The lowest BCUT2D eigenvalue weighted by atomic mass is 10.0. The summed E-state index contributed by atoms with van der Waals surface area (Å²) in [6.07, 6.45) is 1.22. The zero-order valence-corrected chi connectivity index (χ0v) is 10.7. The number of hydrogen-bond acceptors (Lipinski definition) is 2. The van der Waals surface area contributed by atoms with Gasteiger partial charge in [-0.05, 0) is 36.1 Å². The average Bonchev–Trinajstić information content (AvgIpc) is 2.71. The van der Waals surface area contributed by atoms with Gasteiger partial charge in [-0.25, -0.2) is 0 Å². The van der Waals surface area contributed by atoms with Gasteiger partial charge in [-0.3, -0.25) is 0 Å². The van der Waals surface area contributed by atoms with Crippen LogP contribution >= 0.6 is 0 Å². The molecule has 1 atom stereocenters. The highest BCUT2D eigenvalue weighted by molar-refractivity contribution is 5.79. The minimum absolute atomic E-state index is 0.477. The van der Waals surface area contributed by atoms with Crippen molar-refractivity contribution in [2.75, 3.05) is 0 Å². The van der Waals surface area contributed by atoms with Crippen molar-refractivity contribution >= 4 is 11.0 Å². The largest absolute Gasteiger partial charge is 0.458 e. The highest BCUT2D eigenvalue weighted by Crippen LogP contribution is 2.28. The summed E-state index contributed by atoms with van der Waals surface area (Å²) in [5.74, 6) is 1.20. The highest BCUT2D eigenvalue weighted by Gasteiger charge is 2.13. The fraction of sp³-hybridized carbons (Fsp3) is 0.467. The monoisotopic (exact) mass is 232 g/mol. The van der Waals surface area contributed by atoms with E-state index in [1.807, 2.05) is 12.1 Å². The molecule has 2 nitrogen and oxygen atoms in total. The molecule has 2 rings (SSSR count). The van der Waals surface area contributed by atoms with Gasteiger partial charge in [0.25, 0.3) is 0 Å². The van der Waals surface area contributed by atoms with E-state index in [2.05, 4.69) is 32.9 Å². The average molecular weight is 232 g/mol. The van der Waals surface area contributed by atoms with Gasteiger partial charge in [0.2, 0.25) is 0 Å². The number of hydrogen-bond donors (Lipinski definition) is 1. The maximum Gasteiger partial charge on any atom is 0.134 e. The Bertz CT molecular complexity index is 497. The van der Waals surface area contributed by atoms with Crippen LogP contribution in [0.2, 0.25) is 0 Å². The second-order valence-electron chi connectivity index (χ2n) is 4.91. The third-order valence-electron chi connectivity index (χ3n) is 3.12. The van der Waals surface area contributed by atoms with Crippen LogP contribution in [0.15, 0.2) is 28.7 Å². The highest BCUT2D eigenvalue weighted by atomic mass is 16.4. The van der Waals surface area contributed by atoms with Crippen LogP contribution in [0.4, 0.5) is 0 Å². The molecule has 0 aliphatic rings. The summed E-state index contributed by atoms with van der Waals surface area (Å²) >= 11 is 0. The second kappa shape index (κ2) is 4.92. The Morgan fingerprint density at radius 3 is 2.65 bits per heavy atom. The third-order valence-corrected chi connectivity index (χ3v) is 3.12. The summed E-state index contributed by atoms with van der Waals surface area (Å²) in [4.78, 5) is 0. The second-order valence-corrected chi connectivity index (χ2v) is 4.91. The Balaban J connectivity index is 2.36. The van der Waals surface area contributed by atoms with E-state index in [0.29, 0.717) is 11.7 Å². The summed E-state index contributed by atoms with van der Waals surface area (Å²) in [6.45, 7) is 6.41. The first-order valence-corrected chi connectivity index (χ1v) is 6.33. The lowest BCUT2D eigenvalue weighted by Gasteiger charge is -2.03. The van der Waals surface area contributed by atoms with Crippen molar-refractivity contribution in [3.8, 4) is 0 Å². The molecule has 1 heterocycles. The van der Waals surface area contributed by atoms with Gasteiger partial charge in [0.1, 0.15) is 17.4 Å². The Kier molecular flexibility index (Phi) is 3.53. The summed E-state index contributed by atoms with van der Waals surface area (Å²) in [5.41, 5.74) is 2.16. The number of furan rings is 1. The van der Waals surface area contributed by atoms with Crippen molar-refractivity contribution < 1.29 is 9.52 Å². The standard InChI is InChI=1S/C15H20O2/c1-4-5-13(16)15-9-12-8-11(10(2)3)6-7-14(12)17-15/h6-10,13,16H,4-5H2,1-3H3. The number of aliphatic hydroxyl groups is 1. The number of rotatable bonds is 4. The van der Waals surface area contributed by atoms with Gasteiger partial charge in [0.05, 0.1) is 0 Å². The topological polar surface area (TPSA) is 33.4 Å². The first-order chi connectivity index (χ1) is 8.11. The fourth-order valence-corrected chi connectivity index (χ4v) is 2.02. The molecule has 2 heteroatoms. The summed E-state index contributed by atoms with van der Waals surface area (Å²) in [5, 5.41) is 11.0. The zero-order valence-electron chi connectivity index (χ0n) is 10.7. The van der Waals surface area contributed by atoms with Crippen LogP contribution in [0.25, 0.3) is 11.0 Å². The van der Waals surface area contributed by atoms with Crippen LogP contribution in [-0.2, 0) is 0 Å². The van der Waals surface area contributed by atoms with Crippen LogP contribution in [0.3, 0.4) is 0 Å². The van der Waals surface area contributed by atoms with Crippen LogP contribution in [-0.4, -0.2) is 5.11 Å². The molecule has 0 spiro atoms. The van der Waals surface area contributed by atoms with E-state index in [1.54, 1.807) is 0 Å². The van der Waals surface area contributed by atoms with Crippen LogP contribution in [0.1, 0.15) is 57.0 Å². The van der Waals surface area contributed by atoms with Gasteiger partial charge in [-0.2, -0.15) is 0 Å². The molecule has 92 valence electrons. The molecule has 0 radical (unpaired) electrons. The molecule has 0 amide bonds. The molecule has 17 heavy (non-hydrogen) atoms. The number of benzene rings is 1. The Labute approximate surface area is 102 Å². The van der Waals surface area contributed by atoms with Crippen molar-refractivity contribution in [3.05, 3.63) is 35.6 Å². The molecule has 1 N–H and O–H groups in total. The van der Waals surface area contributed by atoms with Crippen molar-refractivity contribution in [2.45, 2.75) is 45.6 Å². The predicted octanol–water partition coefficient (Wildman–Crippen LogP) is 4.39. The van der Waals surface area contributed by atoms with Crippen LogP contribution in [0, 0.1) is 0 Å². The van der Waals surface area contributed by atoms with E-state index < -0.39 is 6.10 Å². The van der Waals surface area contributed by atoms with Gasteiger partial charge in [0.15, 0.2) is 0 Å². The first kappa shape index (κ1) is 12.2. The third kappa shape index (κ3) is 2.52. The summed E-state index contributed by atoms with van der Waals surface area (Å²) < 4.78 is 5.67. The molecular formula is C15H20O2. The quantitative estimate of drug-likeness (QED) is 0.848. The molecule has 1 aromatic carbocycles. The molecule has 0 saturated heterocycles. The molecule has 0 aliphatic heterocycles. The van der Waals surface area contributed by atoms with E-state index in [1.165, 1.54) is 5.56 Å². The fourth-order valence-electron chi connectivity index (χ4n) is 2.02. The SMILES string of the molecule is CCCC(O)c1cc2cc(C(C)C)ccc2o1. The number of aliphatic hydroxyl groups excluding tert-OH is 1. The zero-order chi connectivity index (χ0) is 12.4. The Hall–Kier alpha value is -1.28. The maximum absolute atomic E-state index is 9.91. The van der Waals surface area contributed by atoms with Gasteiger partial charge in [-0.15, -0.1) is 0 Å². The van der Waals surface area contributed by atoms with E-state index in [4.69, 9.17) is 4.42 Å². The predicted molar refractivity (Wildman–Crippen MR) is 70.2 cm³/mol. The molecule has 1 unspecified atom stereocenters. The molecule has 0 aliphatic carbocycles. The van der Waals surface area contributed by atoms with Crippen LogP contribution < -0.4 is 0 Å². The van der Waals surface area contributed by atoms with E-state index >= 15 is 0 Å². The Morgan fingerprint density at radius 2 is 2.00 bits per heavy atom. The smallest absolute Gasteiger partial charge is 0.134 e. The molecule has 0 bridgehead atoms. The normalized spacial score (nSPS) is 13.5. The van der Waals surface area contributed by atoms with E-state index in [9.17, 15) is 5.11 Å². The van der Waals surface area contributed by atoms with Crippen molar-refractivity contribution in [1.82, 2.24) is 0 Å². The minimum atomic E-state index is -0.477. The molecule has 0 saturated carbocycles. The Morgan fingerprint density at radius 1 is 1.24 bits per heavy atom. The number of fused-ring (bicyclic) bond motifs is 1. The van der Waals surface area contributed by atoms with Crippen molar-refractivity contribution in [1.29, 1.82) is 0 Å². The molecular weight excluding hydrogens is 212 g/mol. The van der Waals surface area contributed by atoms with Gasteiger partial charge >= 0.3 is 0 Å². The van der Waals surface area contributed by atoms with Crippen LogP contribution in [0.5, 0.6) is 0 Å². The van der Waals surface area contributed by atoms with E-state index in [-0.39, 0.29) is 0 Å². The maximum atomic E-state index is 9.91. The van der Waals surface area contributed by atoms with Gasteiger partial charge in [0, 0.05) is 5.39 Å². The summed E-state index contributed by atoms with van der Waals surface area (Å²) in [7, 11) is 0. The minimum Gasteiger partial charge on any atom is -0.458 e. The van der Waals surface area contributed by atoms with Crippen molar-refractivity contribution in [3.63, 3.8) is 0 Å². The molecule has 0 fully saturated rings. The van der Waals surface area contributed by atoms with Gasteiger partial charge < -0.3 is 9.52 Å². The van der Waals surface area contributed by atoms with E-state index in [0.717, 1.165) is 23.8 Å².